The van der Waals surface area contributed by atoms with Gasteiger partial charge in [-0.2, -0.15) is 0 Å². The summed E-state index contributed by atoms with van der Waals surface area (Å²) in [7, 11) is 0. The van der Waals surface area contributed by atoms with Crippen molar-refractivity contribution in [1.82, 2.24) is 0 Å². The van der Waals surface area contributed by atoms with Crippen LogP contribution in [-0.4, -0.2) is 28.7 Å². The van der Waals surface area contributed by atoms with Crippen LogP contribution in [0.5, 0.6) is 0 Å². The van der Waals surface area contributed by atoms with Gasteiger partial charge in [-0.3, -0.25) is 4.79 Å². The Morgan fingerprint density at radius 2 is 2.29 bits per heavy atom. The molecule has 0 fully saturated rings. The molecular weight excluding hydrogens is 96.0 g/mol. The first kappa shape index (κ1) is 6.59. The average Bonchev–Trinajstić information content (AvgIpc) is 1.65. The topological polar surface area (TPSA) is 57.5 Å². The van der Waals surface area contributed by atoms with Crippen LogP contribution in [-0.2, 0) is 4.79 Å². The minimum Gasteiger partial charge on any atom is -0.393 e. The molecule has 0 radical (unpaired) electrons. The molecule has 0 aliphatic rings. The molecule has 2 N–H and O–H groups in total. The summed E-state index contributed by atoms with van der Waals surface area (Å²) in [5, 5.41) is 16.4. The van der Waals surface area contributed by atoms with E-state index >= 15 is 0 Å². The first-order valence-corrected chi connectivity index (χ1v) is 1.98. The Labute approximate surface area is 41.6 Å². The van der Waals surface area contributed by atoms with Gasteiger partial charge < -0.3 is 10.2 Å². The van der Waals surface area contributed by atoms with E-state index < -0.39 is 18.5 Å². The van der Waals surface area contributed by atoms with E-state index in [-0.39, 0.29) is 0 Å². The Bertz CT molecular complexity index is 69.3. The predicted molar refractivity (Wildman–Crippen MR) is 23.8 cm³/mol. The van der Waals surface area contributed by atoms with Crippen molar-refractivity contribution in [2.45, 2.75) is 13.0 Å². The second-order valence-corrected chi connectivity index (χ2v) is 1.31. The van der Waals surface area contributed by atoms with Crippen molar-refractivity contribution in [2.75, 3.05) is 6.61 Å². The van der Waals surface area contributed by atoms with Crippen LogP contribution in [0.4, 0.5) is 0 Å². The monoisotopic (exact) mass is 104 g/mol. The number of Topliss-reactive ketones (excluding diaryl/α,β-unsaturated/α-hetero) is 1. The number of ketones is 1. The van der Waals surface area contributed by atoms with Crippen molar-refractivity contribution in [3.8, 4) is 0 Å². The third kappa shape index (κ3) is 2.31. The number of carbonyl (C=O) groups excluding carboxylic acids is 1. The average molecular weight is 104 g/mol. The second-order valence-electron chi connectivity index (χ2n) is 1.31. The lowest BCUT2D eigenvalue weighted by Gasteiger charge is -1.97. The van der Waals surface area contributed by atoms with Crippen LogP contribution in [0.25, 0.3) is 0 Å². The van der Waals surface area contributed by atoms with Crippen LogP contribution >= 0.6 is 0 Å². The molecule has 0 saturated heterocycles. The summed E-state index contributed by atoms with van der Waals surface area (Å²) >= 11 is 0. The highest BCUT2D eigenvalue weighted by atomic mass is 16.3. The third-order valence-corrected chi connectivity index (χ3v) is 0.642. The highest BCUT2D eigenvalue weighted by Gasteiger charge is 2.04. The summed E-state index contributed by atoms with van der Waals surface area (Å²) in [6.45, 7) is 0.746. The number of rotatable bonds is 2. The van der Waals surface area contributed by atoms with Gasteiger partial charge in [-0.15, -0.1) is 0 Å². The lowest BCUT2D eigenvalue weighted by molar-refractivity contribution is -0.126. The summed E-state index contributed by atoms with van der Waals surface area (Å²) in [6.07, 6.45) is -1.18. The first-order chi connectivity index (χ1) is 3.18. The zero-order valence-corrected chi connectivity index (χ0v) is 4.09. The van der Waals surface area contributed by atoms with Gasteiger partial charge in [0.2, 0.25) is 0 Å². The summed E-state index contributed by atoms with van der Waals surface area (Å²) in [6, 6.07) is 0. The first-order valence-electron chi connectivity index (χ1n) is 1.98. The second kappa shape index (κ2) is 2.71. The molecule has 0 aromatic heterocycles. The van der Waals surface area contributed by atoms with Crippen LogP contribution in [0, 0.1) is 0 Å². The molecule has 0 aliphatic heterocycles. The molecule has 0 amide bonds. The fourth-order valence-electron chi connectivity index (χ4n) is 0.129. The molecule has 0 rings (SSSR count). The van der Waals surface area contributed by atoms with E-state index in [1.807, 2.05) is 0 Å². The van der Waals surface area contributed by atoms with E-state index in [1.165, 1.54) is 6.92 Å². The summed E-state index contributed by atoms with van der Waals surface area (Å²) in [4.78, 5) is 9.96. The molecule has 0 bridgehead atoms. The minimum atomic E-state index is -1.18. The summed E-state index contributed by atoms with van der Waals surface area (Å²) in [5.41, 5.74) is 0. The van der Waals surface area contributed by atoms with Crippen LogP contribution < -0.4 is 0 Å². The van der Waals surface area contributed by atoms with Crippen molar-refractivity contribution in [1.29, 1.82) is 0 Å². The highest BCUT2D eigenvalue weighted by molar-refractivity contribution is 5.80. The quantitative estimate of drug-likeness (QED) is 0.469. The number of hydrogen-bond donors (Lipinski definition) is 2. The van der Waals surface area contributed by atoms with Crippen molar-refractivity contribution in [3.63, 3.8) is 0 Å². The van der Waals surface area contributed by atoms with Gasteiger partial charge in [0.25, 0.3) is 0 Å². The predicted octanol–water partition coefficient (Wildman–Crippen LogP) is -1.07. The van der Waals surface area contributed by atoms with Crippen molar-refractivity contribution in [2.24, 2.45) is 0 Å². The number of aliphatic hydroxyl groups is 2. The maximum Gasteiger partial charge on any atom is 0.160 e. The normalized spacial score (nSPS) is 13.6. The molecule has 7 heavy (non-hydrogen) atoms. The molecule has 0 aromatic rings. The molecule has 0 aliphatic carbocycles. The Morgan fingerprint density at radius 3 is 2.29 bits per heavy atom. The van der Waals surface area contributed by atoms with Gasteiger partial charge in [-0.1, -0.05) is 0 Å². The van der Waals surface area contributed by atoms with Crippen LogP contribution in [0.1, 0.15) is 6.92 Å². The fourth-order valence-corrected chi connectivity index (χ4v) is 0.129. The molecule has 0 aromatic carbocycles. The number of aliphatic hydroxyl groups excluding tert-OH is 2. The van der Waals surface area contributed by atoms with E-state index in [4.69, 9.17) is 10.2 Å². The number of hydrogen-bond acceptors (Lipinski definition) is 3. The van der Waals surface area contributed by atoms with E-state index in [9.17, 15) is 4.79 Å². The SMILES string of the molecule is CC(=O)[C@H](O)CO. The Morgan fingerprint density at radius 1 is 1.86 bits per heavy atom. The van der Waals surface area contributed by atoms with Crippen LogP contribution in [0.15, 0.2) is 0 Å². The van der Waals surface area contributed by atoms with E-state index in [1.54, 1.807) is 0 Å². The maximum absolute atomic E-state index is 9.96. The van der Waals surface area contributed by atoms with Gasteiger partial charge in [-0.25, -0.2) is 0 Å². The van der Waals surface area contributed by atoms with Gasteiger partial charge in [0.05, 0.1) is 6.61 Å². The number of carbonyl (C=O) groups is 1. The van der Waals surface area contributed by atoms with E-state index in [0.717, 1.165) is 0 Å². The van der Waals surface area contributed by atoms with Gasteiger partial charge in [0, 0.05) is 0 Å². The molecule has 3 heteroatoms. The minimum absolute atomic E-state index is 0.400. The van der Waals surface area contributed by atoms with Gasteiger partial charge in [-0.05, 0) is 6.92 Å². The Kier molecular flexibility index (Phi) is 2.55. The van der Waals surface area contributed by atoms with Gasteiger partial charge in [0.15, 0.2) is 5.78 Å². The molecule has 1 atom stereocenters. The van der Waals surface area contributed by atoms with Gasteiger partial charge >= 0.3 is 0 Å². The Hall–Kier alpha value is -0.410. The van der Waals surface area contributed by atoms with Crippen molar-refractivity contribution >= 4 is 5.78 Å². The molecular formula is C4H8O3. The molecule has 0 saturated carbocycles. The lowest BCUT2D eigenvalue weighted by Crippen LogP contribution is -2.20. The summed E-state index contributed by atoms with van der Waals surface area (Å²) in [5.74, 6) is -0.400. The maximum atomic E-state index is 9.96. The molecule has 42 valence electrons. The fraction of sp³-hybridized carbons (Fsp3) is 0.750. The highest BCUT2D eigenvalue weighted by Crippen LogP contribution is 1.79. The smallest absolute Gasteiger partial charge is 0.160 e. The molecule has 0 heterocycles. The van der Waals surface area contributed by atoms with Crippen LogP contribution in [0.3, 0.4) is 0 Å². The third-order valence-electron chi connectivity index (χ3n) is 0.642. The Balaban J connectivity index is 3.34. The van der Waals surface area contributed by atoms with Crippen molar-refractivity contribution in [3.05, 3.63) is 0 Å². The van der Waals surface area contributed by atoms with E-state index in [0.29, 0.717) is 0 Å². The van der Waals surface area contributed by atoms with E-state index in [2.05, 4.69) is 0 Å². The molecule has 0 spiro atoms. The largest absolute Gasteiger partial charge is 0.393 e. The molecule has 0 unspecified atom stereocenters. The van der Waals surface area contributed by atoms with Crippen molar-refractivity contribution < 1.29 is 15.0 Å². The van der Waals surface area contributed by atoms with Gasteiger partial charge in [0.1, 0.15) is 6.10 Å². The summed E-state index contributed by atoms with van der Waals surface area (Å²) < 4.78 is 0. The standard InChI is InChI=1S/C4H8O3/c1-3(6)4(7)2-5/h4-5,7H,2H2,1H3/t4-/m1/s1. The zero-order chi connectivity index (χ0) is 5.86. The zero-order valence-electron chi connectivity index (χ0n) is 4.09. The van der Waals surface area contributed by atoms with Crippen LogP contribution in [0.2, 0.25) is 0 Å². The lowest BCUT2D eigenvalue weighted by atomic mass is 10.3. The molecule has 3 nitrogen and oxygen atoms in total.